The SMILES string of the molecule is CC1CCCN(c2ccc(C(=O)Nc3ccccc3F)nc2)C1. The highest BCUT2D eigenvalue weighted by Crippen LogP contribution is 2.22. The Morgan fingerprint density at radius 1 is 1.30 bits per heavy atom. The maximum absolute atomic E-state index is 13.6. The zero-order valence-corrected chi connectivity index (χ0v) is 13.1. The summed E-state index contributed by atoms with van der Waals surface area (Å²) in [5.41, 5.74) is 1.47. The number of hydrogen-bond donors (Lipinski definition) is 1. The van der Waals surface area contributed by atoms with E-state index < -0.39 is 11.7 Å². The lowest BCUT2D eigenvalue weighted by Crippen LogP contribution is -2.34. The molecule has 23 heavy (non-hydrogen) atoms. The van der Waals surface area contributed by atoms with Crippen molar-refractivity contribution < 1.29 is 9.18 Å². The van der Waals surface area contributed by atoms with Crippen LogP contribution < -0.4 is 10.2 Å². The summed E-state index contributed by atoms with van der Waals surface area (Å²) >= 11 is 0. The Bertz CT molecular complexity index is 687. The van der Waals surface area contributed by atoms with Crippen LogP contribution in [0.3, 0.4) is 0 Å². The minimum atomic E-state index is -0.459. The topological polar surface area (TPSA) is 45.2 Å². The fourth-order valence-electron chi connectivity index (χ4n) is 2.88. The van der Waals surface area contributed by atoms with E-state index in [2.05, 4.69) is 22.1 Å². The predicted molar refractivity (Wildman–Crippen MR) is 89.2 cm³/mol. The first-order valence-electron chi connectivity index (χ1n) is 7.90. The minimum absolute atomic E-state index is 0.160. The summed E-state index contributed by atoms with van der Waals surface area (Å²) in [6, 6.07) is 9.68. The number of amides is 1. The van der Waals surface area contributed by atoms with Gasteiger partial charge >= 0.3 is 0 Å². The van der Waals surface area contributed by atoms with Crippen LogP contribution in [0.5, 0.6) is 0 Å². The first-order chi connectivity index (χ1) is 11.1. The van der Waals surface area contributed by atoms with Gasteiger partial charge in [0.05, 0.1) is 17.6 Å². The first kappa shape index (κ1) is 15.5. The van der Waals surface area contributed by atoms with Gasteiger partial charge in [-0.2, -0.15) is 0 Å². The number of anilines is 2. The van der Waals surface area contributed by atoms with Gasteiger partial charge in [-0.05, 0) is 43.0 Å². The highest BCUT2D eigenvalue weighted by Gasteiger charge is 2.17. The van der Waals surface area contributed by atoms with Crippen molar-refractivity contribution in [3.8, 4) is 0 Å². The van der Waals surface area contributed by atoms with Crippen LogP contribution in [0.25, 0.3) is 0 Å². The second-order valence-electron chi connectivity index (χ2n) is 6.03. The van der Waals surface area contributed by atoms with E-state index in [1.165, 1.54) is 25.0 Å². The molecule has 0 bridgehead atoms. The smallest absolute Gasteiger partial charge is 0.274 e. The molecule has 0 radical (unpaired) electrons. The van der Waals surface area contributed by atoms with Crippen LogP contribution in [0.2, 0.25) is 0 Å². The van der Waals surface area contributed by atoms with E-state index in [0.717, 1.165) is 18.8 Å². The Morgan fingerprint density at radius 2 is 2.13 bits per heavy atom. The zero-order chi connectivity index (χ0) is 16.2. The van der Waals surface area contributed by atoms with Crippen LogP contribution in [0.4, 0.5) is 15.8 Å². The number of para-hydroxylation sites is 1. The summed E-state index contributed by atoms with van der Waals surface area (Å²) in [7, 11) is 0. The van der Waals surface area contributed by atoms with Crippen molar-refractivity contribution in [1.82, 2.24) is 4.98 Å². The number of aromatic nitrogens is 1. The molecule has 1 amide bonds. The molecule has 4 nitrogen and oxygen atoms in total. The van der Waals surface area contributed by atoms with E-state index in [1.807, 2.05) is 6.07 Å². The molecule has 1 aliphatic rings. The van der Waals surface area contributed by atoms with Gasteiger partial charge in [0.1, 0.15) is 11.5 Å². The summed E-state index contributed by atoms with van der Waals surface area (Å²) in [5, 5.41) is 2.54. The Kier molecular flexibility index (Phi) is 4.55. The minimum Gasteiger partial charge on any atom is -0.370 e. The van der Waals surface area contributed by atoms with Gasteiger partial charge in [-0.15, -0.1) is 0 Å². The Balaban J connectivity index is 1.69. The highest BCUT2D eigenvalue weighted by molar-refractivity contribution is 6.03. The predicted octanol–water partition coefficient (Wildman–Crippen LogP) is 3.71. The van der Waals surface area contributed by atoms with Crippen molar-refractivity contribution in [2.24, 2.45) is 5.92 Å². The van der Waals surface area contributed by atoms with E-state index in [-0.39, 0.29) is 11.4 Å². The molecule has 1 aliphatic heterocycles. The number of pyridine rings is 1. The van der Waals surface area contributed by atoms with E-state index >= 15 is 0 Å². The molecule has 2 aromatic rings. The summed E-state index contributed by atoms with van der Waals surface area (Å²) in [6.07, 6.45) is 4.15. The molecule has 1 unspecified atom stereocenters. The number of rotatable bonds is 3. The van der Waals surface area contributed by atoms with Crippen LogP contribution in [0.15, 0.2) is 42.6 Å². The molecule has 1 saturated heterocycles. The average Bonchev–Trinajstić information content (AvgIpc) is 2.57. The fraction of sp³-hybridized carbons (Fsp3) is 0.333. The van der Waals surface area contributed by atoms with Crippen LogP contribution >= 0.6 is 0 Å². The Morgan fingerprint density at radius 3 is 2.83 bits per heavy atom. The molecule has 1 aromatic heterocycles. The molecule has 3 rings (SSSR count). The number of nitrogens with one attached hydrogen (secondary N) is 1. The van der Waals surface area contributed by atoms with Gasteiger partial charge in [-0.25, -0.2) is 9.37 Å². The van der Waals surface area contributed by atoms with Crippen molar-refractivity contribution in [2.45, 2.75) is 19.8 Å². The molecule has 0 spiro atoms. The molecule has 0 saturated carbocycles. The normalized spacial score (nSPS) is 17.8. The van der Waals surface area contributed by atoms with Crippen LogP contribution in [0.1, 0.15) is 30.3 Å². The van der Waals surface area contributed by atoms with E-state index in [0.29, 0.717) is 5.92 Å². The van der Waals surface area contributed by atoms with Crippen molar-refractivity contribution in [1.29, 1.82) is 0 Å². The summed E-state index contributed by atoms with van der Waals surface area (Å²) in [4.78, 5) is 18.7. The lowest BCUT2D eigenvalue weighted by atomic mass is 10.00. The molecule has 5 heteroatoms. The van der Waals surface area contributed by atoms with Gasteiger partial charge in [-0.1, -0.05) is 19.1 Å². The van der Waals surface area contributed by atoms with Gasteiger partial charge in [-0.3, -0.25) is 4.79 Å². The number of carbonyl (C=O) groups excluding carboxylic acids is 1. The number of carbonyl (C=O) groups is 1. The molecule has 1 atom stereocenters. The van der Waals surface area contributed by atoms with Gasteiger partial charge in [0.2, 0.25) is 0 Å². The number of halogens is 1. The van der Waals surface area contributed by atoms with Crippen LogP contribution in [0, 0.1) is 11.7 Å². The van der Waals surface area contributed by atoms with Crippen molar-refractivity contribution in [2.75, 3.05) is 23.3 Å². The summed E-state index contributed by atoms with van der Waals surface area (Å²) in [6.45, 7) is 4.28. The largest absolute Gasteiger partial charge is 0.370 e. The van der Waals surface area contributed by atoms with Crippen molar-refractivity contribution in [3.05, 3.63) is 54.1 Å². The second-order valence-corrected chi connectivity index (χ2v) is 6.03. The summed E-state index contributed by atoms with van der Waals surface area (Å²) in [5.74, 6) is -0.193. The molecule has 1 aromatic carbocycles. The summed E-state index contributed by atoms with van der Waals surface area (Å²) < 4.78 is 13.6. The van der Waals surface area contributed by atoms with Crippen LogP contribution in [-0.4, -0.2) is 24.0 Å². The fourth-order valence-corrected chi connectivity index (χ4v) is 2.88. The van der Waals surface area contributed by atoms with Gasteiger partial charge in [0.15, 0.2) is 0 Å². The number of piperidine rings is 1. The molecular weight excluding hydrogens is 293 g/mol. The van der Waals surface area contributed by atoms with E-state index in [4.69, 9.17) is 0 Å². The lowest BCUT2D eigenvalue weighted by molar-refractivity contribution is 0.102. The third kappa shape index (κ3) is 3.67. The second kappa shape index (κ2) is 6.77. The van der Waals surface area contributed by atoms with Crippen molar-refractivity contribution >= 4 is 17.3 Å². The third-order valence-corrected chi connectivity index (χ3v) is 4.12. The highest BCUT2D eigenvalue weighted by atomic mass is 19.1. The van der Waals surface area contributed by atoms with Crippen LogP contribution in [-0.2, 0) is 0 Å². The Hall–Kier alpha value is -2.43. The molecule has 120 valence electrons. The van der Waals surface area contributed by atoms with E-state index in [9.17, 15) is 9.18 Å². The monoisotopic (exact) mass is 313 g/mol. The molecule has 2 heterocycles. The molecular formula is C18H20FN3O. The quantitative estimate of drug-likeness (QED) is 0.939. The number of nitrogens with zero attached hydrogens (tertiary/aromatic N) is 2. The van der Waals surface area contributed by atoms with Crippen molar-refractivity contribution in [3.63, 3.8) is 0 Å². The third-order valence-electron chi connectivity index (χ3n) is 4.12. The maximum atomic E-state index is 13.6. The van der Waals surface area contributed by atoms with Gasteiger partial charge < -0.3 is 10.2 Å². The standard InChI is InChI=1S/C18H20FN3O/c1-13-5-4-10-22(12-13)14-8-9-17(20-11-14)18(23)21-16-7-3-2-6-15(16)19/h2-3,6-9,11,13H,4-5,10,12H2,1H3,(H,21,23). The number of benzene rings is 1. The Labute approximate surface area is 135 Å². The lowest BCUT2D eigenvalue weighted by Gasteiger charge is -2.32. The number of hydrogen-bond acceptors (Lipinski definition) is 3. The maximum Gasteiger partial charge on any atom is 0.274 e. The zero-order valence-electron chi connectivity index (χ0n) is 13.1. The first-order valence-corrected chi connectivity index (χ1v) is 7.90. The average molecular weight is 313 g/mol. The molecule has 1 fully saturated rings. The van der Waals surface area contributed by atoms with Gasteiger partial charge in [0.25, 0.3) is 5.91 Å². The molecule has 1 N–H and O–H groups in total. The van der Waals surface area contributed by atoms with E-state index in [1.54, 1.807) is 24.4 Å². The van der Waals surface area contributed by atoms with Gasteiger partial charge in [0, 0.05) is 13.1 Å². The molecule has 0 aliphatic carbocycles.